The third kappa shape index (κ3) is 3.51. The lowest BCUT2D eigenvalue weighted by Crippen LogP contribution is -2.47. The Kier molecular flexibility index (Phi) is 4.67. The molecule has 2 atom stereocenters. The number of hydrogen-bond donors (Lipinski definition) is 1. The predicted molar refractivity (Wildman–Crippen MR) is 80.4 cm³/mol. The zero-order valence-corrected chi connectivity index (χ0v) is 12.6. The van der Waals surface area contributed by atoms with E-state index in [9.17, 15) is 0 Å². The highest BCUT2D eigenvalue weighted by molar-refractivity contribution is 5.37. The van der Waals surface area contributed by atoms with Crippen LogP contribution in [0.5, 0.6) is 0 Å². The smallest absolute Gasteiger partial charge is 0.151 e. The van der Waals surface area contributed by atoms with Crippen molar-refractivity contribution in [3.05, 3.63) is 17.8 Å². The number of aromatic nitrogens is 2. The minimum absolute atomic E-state index is 0.225. The van der Waals surface area contributed by atoms with E-state index in [1.807, 2.05) is 19.1 Å². The molecule has 2 fully saturated rings. The van der Waals surface area contributed by atoms with Gasteiger partial charge >= 0.3 is 0 Å². The summed E-state index contributed by atoms with van der Waals surface area (Å²) in [5, 5.41) is 17.5. The van der Waals surface area contributed by atoms with E-state index < -0.39 is 0 Å². The van der Waals surface area contributed by atoms with Crippen LogP contribution in [-0.4, -0.2) is 72.2 Å². The second-order valence-electron chi connectivity index (χ2n) is 5.96. The molecule has 3 rings (SSSR count). The van der Waals surface area contributed by atoms with E-state index in [1.165, 1.54) is 0 Å². The van der Waals surface area contributed by atoms with E-state index >= 15 is 0 Å². The van der Waals surface area contributed by atoms with Crippen molar-refractivity contribution in [2.75, 3.05) is 50.8 Å². The van der Waals surface area contributed by atoms with Crippen molar-refractivity contribution in [2.24, 2.45) is 5.92 Å². The van der Waals surface area contributed by atoms with Gasteiger partial charge in [-0.3, -0.25) is 4.90 Å². The molecule has 0 unspecified atom stereocenters. The SMILES string of the molecule is Cc1ccc(N2CCO[C@H]3CN(CCO)CC[C@H]3C2)nn1. The zero-order chi connectivity index (χ0) is 14.7. The molecule has 116 valence electrons. The van der Waals surface area contributed by atoms with E-state index in [2.05, 4.69) is 20.0 Å². The van der Waals surface area contributed by atoms with Crippen LogP contribution < -0.4 is 4.90 Å². The number of hydrogen-bond acceptors (Lipinski definition) is 6. The molecule has 0 aliphatic carbocycles. The van der Waals surface area contributed by atoms with Crippen LogP contribution in [0.15, 0.2) is 12.1 Å². The fourth-order valence-electron chi connectivity index (χ4n) is 3.23. The summed E-state index contributed by atoms with van der Waals surface area (Å²) in [4.78, 5) is 4.58. The normalized spacial score (nSPS) is 27.2. The molecule has 0 amide bonds. The third-order valence-corrected chi connectivity index (χ3v) is 4.45. The lowest BCUT2D eigenvalue weighted by atomic mass is 9.93. The summed E-state index contributed by atoms with van der Waals surface area (Å²) in [5.41, 5.74) is 0.944. The summed E-state index contributed by atoms with van der Waals surface area (Å²) in [6, 6.07) is 4.05. The zero-order valence-electron chi connectivity index (χ0n) is 12.6. The molecule has 0 radical (unpaired) electrons. The highest BCUT2D eigenvalue weighted by Gasteiger charge is 2.33. The first kappa shape index (κ1) is 14.7. The molecule has 6 nitrogen and oxygen atoms in total. The summed E-state index contributed by atoms with van der Waals surface area (Å²) < 4.78 is 6.05. The van der Waals surface area contributed by atoms with Crippen LogP contribution in [0.2, 0.25) is 0 Å². The van der Waals surface area contributed by atoms with Gasteiger partial charge in [0.2, 0.25) is 0 Å². The molecule has 1 aromatic rings. The quantitative estimate of drug-likeness (QED) is 0.865. The minimum Gasteiger partial charge on any atom is -0.395 e. The first-order chi connectivity index (χ1) is 10.3. The maximum absolute atomic E-state index is 9.08. The lowest BCUT2D eigenvalue weighted by molar-refractivity contribution is -0.0247. The predicted octanol–water partition coefficient (Wildman–Crippen LogP) is 0.304. The van der Waals surface area contributed by atoms with E-state index in [4.69, 9.17) is 9.84 Å². The number of fused-ring (bicyclic) bond motifs is 1. The maximum atomic E-state index is 9.08. The summed E-state index contributed by atoms with van der Waals surface area (Å²) in [7, 11) is 0. The largest absolute Gasteiger partial charge is 0.395 e. The number of rotatable bonds is 3. The second kappa shape index (κ2) is 6.68. The van der Waals surface area contributed by atoms with Crippen molar-refractivity contribution in [2.45, 2.75) is 19.4 Å². The van der Waals surface area contributed by atoms with Gasteiger partial charge in [-0.2, -0.15) is 5.10 Å². The second-order valence-corrected chi connectivity index (χ2v) is 5.96. The Morgan fingerprint density at radius 2 is 2.19 bits per heavy atom. The lowest BCUT2D eigenvalue weighted by Gasteiger charge is -2.37. The number of aryl methyl sites for hydroxylation is 1. The number of nitrogens with zero attached hydrogens (tertiary/aromatic N) is 4. The molecule has 0 aromatic carbocycles. The third-order valence-electron chi connectivity index (χ3n) is 4.45. The van der Waals surface area contributed by atoms with Gasteiger partial charge in [-0.25, -0.2) is 0 Å². The van der Waals surface area contributed by atoms with E-state index in [1.54, 1.807) is 0 Å². The molecule has 0 bridgehead atoms. The van der Waals surface area contributed by atoms with Crippen LogP contribution in [0.25, 0.3) is 0 Å². The van der Waals surface area contributed by atoms with Gasteiger partial charge in [-0.05, 0) is 32.0 Å². The molecule has 2 aliphatic heterocycles. The van der Waals surface area contributed by atoms with Crippen molar-refractivity contribution in [1.29, 1.82) is 0 Å². The van der Waals surface area contributed by atoms with Gasteiger partial charge < -0.3 is 14.7 Å². The molecule has 2 saturated heterocycles. The van der Waals surface area contributed by atoms with Crippen LogP contribution >= 0.6 is 0 Å². The van der Waals surface area contributed by atoms with Crippen LogP contribution in [-0.2, 0) is 4.74 Å². The number of aliphatic hydroxyl groups is 1. The van der Waals surface area contributed by atoms with E-state index in [-0.39, 0.29) is 12.7 Å². The Balaban J connectivity index is 1.65. The Morgan fingerprint density at radius 1 is 1.29 bits per heavy atom. The van der Waals surface area contributed by atoms with Crippen LogP contribution in [0.3, 0.4) is 0 Å². The average Bonchev–Trinajstić information content (AvgIpc) is 2.70. The topological polar surface area (TPSA) is 61.7 Å². The molecular weight excluding hydrogens is 268 g/mol. The minimum atomic E-state index is 0.225. The molecular formula is C15H24N4O2. The number of β-amino-alcohol motifs (C(OH)–C–C–N with tert-alkyl or cyclic N) is 1. The van der Waals surface area contributed by atoms with Crippen molar-refractivity contribution in [1.82, 2.24) is 15.1 Å². The maximum Gasteiger partial charge on any atom is 0.151 e. The fraction of sp³-hybridized carbons (Fsp3) is 0.733. The van der Waals surface area contributed by atoms with Gasteiger partial charge in [0.25, 0.3) is 0 Å². The molecule has 1 N–H and O–H groups in total. The van der Waals surface area contributed by atoms with Crippen molar-refractivity contribution >= 4 is 5.82 Å². The van der Waals surface area contributed by atoms with E-state index in [0.29, 0.717) is 5.92 Å². The fourth-order valence-corrected chi connectivity index (χ4v) is 3.23. The van der Waals surface area contributed by atoms with Crippen molar-refractivity contribution in [3.8, 4) is 0 Å². The monoisotopic (exact) mass is 292 g/mol. The molecule has 1 aromatic heterocycles. The highest BCUT2D eigenvalue weighted by atomic mass is 16.5. The number of anilines is 1. The van der Waals surface area contributed by atoms with Crippen molar-refractivity contribution in [3.63, 3.8) is 0 Å². The van der Waals surface area contributed by atoms with Gasteiger partial charge in [-0.1, -0.05) is 0 Å². The Labute approximate surface area is 125 Å². The summed E-state index contributed by atoms with van der Waals surface area (Å²) >= 11 is 0. The van der Waals surface area contributed by atoms with Gasteiger partial charge in [0.15, 0.2) is 5.82 Å². The number of aliphatic hydroxyl groups excluding tert-OH is 1. The Bertz CT molecular complexity index is 453. The standard InChI is InChI=1S/C15H24N4O2/c1-12-2-3-15(17-16-12)19-7-9-21-14-11-18(6-8-20)5-4-13(14)10-19/h2-3,13-14,20H,4-11H2,1H3/t13-,14-/m0/s1. The first-order valence-electron chi connectivity index (χ1n) is 7.76. The molecule has 3 heterocycles. The first-order valence-corrected chi connectivity index (χ1v) is 7.76. The van der Waals surface area contributed by atoms with Gasteiger partial charge in [0, 0.05) is 32.1 Å². The van der Waals surface area contributed by atoms with Gasteiger partial charge in [0.1, 0.15) is 0 Å². The summed E-state index contributed by atoms with van der Waals surface area (Å²) in [6.07, 6.45) is 1.38. The van der Waals surface area contributed by atoms with Gasteiger partial charge in [0.05, 0.1) is 25.0 Å². The van der Waals surface area contributed by atoms with E-state index in [0.717, 1.165) is 57.3 Å². The Hall–Kier alpha value is -1.24. The van der Waals surface area contributed by atoms with Gasteiger partial charge in [-0.15, -0.1) is 5.10 Å². The summed E-state index contributed by atoms with van der Waals surface area (Å²) in [6.45, 7) is 7.47. The molecule has 6 heteroatoms. The van der Waals surface area contributed by atoms with Crippen LogP contribution in [0.1, 0.15) is 12.1 Å². The number of piperidine rings is 1. The number of likely N-dealkylation sites (tertiary alicyclic amines) is 1. The highest BCUT2D eigenvalue weighted by Crippen LogP contribution is 2.25. The van der Waals surface area contributed by atoms with Crippen molar-refractivity contribution < 1.29 is 9.84 Å². The van der Waals surface area contributed by atoms with Crippen LogP contribution in [0.4, 0.5) is 5.82 Å². The molecule has 2 aliphatic rings. The molecule has 0 saturated carbocycles. The average molecular weight is 292 g/mol. The number of ether oxygens (including phenoxy) is 1. The molecule has 0 spiro atoms. The molecule has 21 heavy (non-hydrogen) atoms. The van der Waals surface area contributed by atoms with Crippen LogP contribution in [0, 0.1) is 12.8 Å². The summed E-state index contributed by atoms with van der Waals surface area (Å²) in [5.74, 6) is 1.48. The Morgan fingerprint density at radius 3 is 2.95 bits per heavy atom.